The van der Waals surface area contributed by atoms with Crippen LogP contribution < -0.4 is 16.4 Å². The predicted octanol–water partition coefficient (Wildman–Crippen LogP) is 4.28. The van der Waals surface area contributed by atoms with Crippen molar-refractivity contribution in [2.75, 3.05) is 16.4 Å². The minimum absolute atomic E-state index is 0.477. The second-order valence-corrected chi connectivity index (χ2v) is 6.51. The van der Waals surface area contributed by atoms with Gasteiger partial charge in [0.15, 0.2) is 11.6 Å². The van der Waals surface area contributed by atoms with Crippen LogP contribution in [0.4, 0.5) is 23.0 Å². The molecule has 0 saturated heterocycles. The summed E-state index contributed by atoms with van der Waals surface area (Å²) < 4.78 is 0. The van der Waals surface area contributed by atoms with Gasteiger partial charge in [0, 0.05) is 11.7 Å². The topological polar surface area (TPSA) is 75.9 Å². The van der Waals surface area contributed by atoms with Crippen molar-refractivity contribution in [1.82, 2.24) is 9.97 Å². The number of hydrogen-bond acceptors (Lipinski definition) is 5. The van der Waals surface area contributed by atoms with Gasteiger partial charge >= 0.3 is 0 Å². The van der Waals surface area contributed by atoms with Gasteiger partial charge in [-0.25, -0.2) is 9.97 Å². The molecule has 3 rings (SSSR count). The van der Waals surface area contributed by atoms with E-state index in [2.05, 4.69) is 58.7 Å². The summed E-state index contributed by atoms with van der Waals surface area (Å²) in [4.78, 5) is 8.57. The second kappa shape index (κ2) is 6.86. The first-order valence-corrected chi connectivity index (χ1v) is 8.37. The van der Waals surface area contributed by atoms with Crippen molar-refractivity contribution in [2.45, 2.75) is 51.5 Å². The van der Waals surface area contributed by atoms with Crippen molar-refractivity contribution >= 4 is 23.0 Å². The van der Waals surface area contributed by atoms with Gasteiger partial charge in [-0.2, -0.15) is 0 Å². The SMILES string of the molecule is CC(C)c1ccc(Nc2ncnc(NC3CCCC3)c2N)cc1. The van der Waals surface area contributed by atoms with Crippen LogP contribution in [0.15, 0.2) is 30.6 Å². The lowest BCUT2D eigenvalue weighted by Gasteiger charge is -2.16. The van der Waals surface area contributed by atoms with Gasteiger partial charge in [-0.15, -0.1) is 0 Å². The summed E-state index contributed by atoms with van der Waals surface area (Å²) in [6, 6.07) is 8.84. The molecule has 0 amide bonds. The van der Waals surface area contributed by atoms with E-state index in [1.807, 2.05) is 0 Å². The highest BCUT2D eigenvalue weighted by Crippen LogP contribution is 2.29. The maximum Gasteiger partial charge on any atom is 0.159 e. The van der Waals surface area contributed by atoms with Gasteiger partial charge in [-0.1, -0.05) is 38.8 Å². The minimum atomic E-state index is 0.477. The Morgan fingerprint density at radius 2 is 1.70 bits per heavy atom. The standard InChI is InChI=1S/C18H25N5/c1-12(2)13-7-9-15(10-8-13)23-18-16(19)17(20-11-21-18)22-14-5-3-4-6-14/h7-12,14H,3-6,19H2,1-2H3,(H2,20,21,22,23). The van der Waals surface area contributed by atoms with Gasteiger partial charge in [0.05, 0.1) is 0 Å². The van der Waals surface area contributed by atoms with E-state index in [0.29, 0.717) is 23.5 Å². The molecule has 0 spiro atoms. The van der Waals surface area contributed by atoms with Crippen molar-refractivity contribution in [2.24, 2.45) is 0 Å². The van der Waals surface area contributed by atoms with Gasteiger partial charge in [0.25, 0.3) is 0 Å². The van der Waals surface area contributed by atoms with Crippen LogP contribution >= 0.6 is 0 Å². The Labute approximate surface area is 137 Å². The summed E-state index contributed by atoms with van der Waals surface area (Å²) >= 11 is 0. The molecular formula is C18H25N5. The Balaban J connectivity index is 1.74. The van der Waals surface area contributed by atoms with Crippen LogP contribution in [0.5, 0.6) is 0 Å². The zero-order valence-corrected chi connectivity index (χ0v) is 13.8. The van der Waals surface area contributed by atoms with Crippen LogP contribution in [0.25, 0.3) is 0 Å². The van der Waals surface area contributed by atoms with Crippen molar-refractivity contribution in [3.05, 3.63) is 36.2 Å². The number of aromatic nitrogens is 2. The van der Waals surface area contributed by atoms with E-state index in [0.717, 1.165) is 11.5 Å². The number of nitrogens with zero attached hydrogens (tertiary/aromatic N) is 2. The van der Waals surface area contributed by atoms with E-state index in [4.69, 9.17) is 5.73 Å². The van der Waals surface area contributed by atoms with Gasteiger partial charge in [-0.05, 0) is 36.5 Å². The third-order valence-corrected chi connectivity index (χ3v) is 4.42. The van der Waals surface area contributed by atoms with Gasteiger partial charge in [-0.3, -0.25) is 0 Å². The molecule has 5 nitrogen and oxygen atoms in total. The molecule has 1 fully saturated rings. The van der Waals surface area contributed by atoms with Crippen LogP contribution in [0.1, 0.15) is 51.0 Å². The van der Waals surface area contributed by atoms with Crippen molar-refractivity contribution in [1.29, 1.82) is 0 Å². The van der Waals surface area contributed by atoms with Gasteiger partial charge < -0.3 is 16.4 Å². The molecule has 0 unspecified atom stereocenters. The predicted molar refractivity (Wildman–Crippen MR) is 96.1 cm³/mol. The Hall–Kier alpha value is -2.30. The van der Waals surface area contributed by atoms with E-state index in [9.17, 15) is 0 Å². The number of hydrogen-bond donors (Lipinski definition) is 3. The van der Waals surface area contributed by atoms with E-state index in [-0.39, 0.29) is 0 Å². The van der Waals surface area contributed by atoms with Crippen LogP contribution in [-0.2, 0) is 0 Å². The fourth-order valence-electron chi connectivity index (χ4n) is 2.96. The van der Waals surface area contributed by atoms with Crippen LogP contribution in [0.3, 0.4) is 0 Å². The van der Waals surface area contributed by atoms with Crippen LogP contribution in [-0.4, -0.2) is 16.0 Å². The van der Waals surface area contributed by atoms with Crippen LogP contribution in [0, 0.1) is 0 Å². The summed E-state index contributed by atoms with van der Waals surface area (Å²) in [5.74, 6) is 1.90. The molecular weight excluding hydrogens is 286 g/mol. The molecule has 0 aliphatic heterocycles. The third kappa shape index (κ3) is 3.73. The lowest BCUT2D eigenvalue weighted by atomic mass is 10.0. The first-order valence-electron chi connectivity index (χ1n) is 8.37. The highest BCUT2D eigenvalue weighted by atomic mass is 15.1. The summed E-state index contributed by atoms with van der Waals surface area (Å²) in [5, 5.41) is 6.73. The number of nitrogens with one attached hydrogen (secondary N) is 2. The molecule has 5 heteroatoms. The molecule has 1 saturated carbocycles. The number of nitrogens with two attached hydrogens (primary N) is 1. The molecule has 0 atom stereocenters. The monoisotopic (exact) mass is 311 g/mol. The average Bonchev–Trinajstić information content (AvgIpc) is 3.05. The average molecular weight is 311 g/mol. The molecule has 4 N–H and O–H groups in total. The number of rotatable bonds is 5. The van der Waals surface area contributed by atoms with Crippen molar-refractivity contribution < 1.29 is 0 Å². The Morgan fingerprint density at radius 1 is 1.04 bits per heavy atom. The molecule has 0 bridgehead atoms. The second-order valence-electron chi connectivity index (χ2n) is 6.51. The molecule has 1 aliphatic carbocycles. The highest BCUT2D eigenvalue weighted by Gasteiger charge is 2.17. The zero-order chi connectivity index (χ0) is 16.2. The first kappa shape index (κ1) is 15.6. The maximum atomic E-state index is 6.24. The normalized spacial score (nSPS) is 15.1. The molecule has 2 aromatic rings. The summed E-state index contributed by atoms with van der Waals surface area (Å²) in [6.07, 6.45) is 6.47. The Bertz CT molecular complexity index is 645. The van der Waals surface area contributed by atoms with E-state index in [1.165, 1.54) is 31.2 Å². The number of nitrogen functional groups attached to an aromatic ring is 1. The molecule has 122 valence electrons. The van der Waals surface area contributed by atoms with Crippen LogP contribution in [0.2, 0.25) is 0 Å². The smallest absolute Gasteiger partial charge is 0.159 e. The number of anilines is 4. The molecule has 0 radical (unpaired) electrons. The van der Waals surface area contributed by atoms with Gasteiger partial charge in [0.2, 0.25) is 0 Å². The van der Waals surface area contributed by atoms with E-state index < -0.39 is 0 Å². The summed E-state index contributed by atoms with van der Waals surface area (Å²) in [6.45, 7) is 4.37. The minimum Gasteiger partial charge on any atom is -0.393 e. The Kier molecular flexibility index (Phi) is 4.65. The molecule has 23 heavy (non-hydrogen) atoms. The quantitative estimate of drug-likeness (QED) is 0.768. The van der Waals surface area contributed by atoms with E-state index >= 15 is 0 Å². The lowest BCUT2D eigenvalue weighted by Crippen LogP contribution is -2.17. The summed E-state index contributed by atoms with van der Waals surface area (Å²) in [5.41, 5.74) is 9.11. The first-order chi connectivity index (χ1) is 11.1. The molecule has 1 heterocycles. The van der Waals surface area contributed by atoms with E-state index in [1.54, 1.807) is 6.33 Å². The van der Waals surface area contributed by atoms with Crippen molar-refractivity contribution in [3.63, 3.8) is 0 Å². The third-order valence-electron chi connectivity index (χ3n) is 4.42. The molecule has 1 aromatic carbocycles. The number of benzene rings is 1. The molecule has 1 aliphatic rings. The molecule has 1 aromatic heterocycles. The van der Waals surface area contributed by atoms with Crippen molar-refractivity contribution in [3.8, 4) is 0 Å². The zero-order valence-electron chi connectivity index (χ0n) is 13.8. The lowest BCUT2D eigenvalue weighted by molar-refractivity contribution is 0.750. The maximum absolute atomic E-state index is 6.24. The fourth-order valence-corrected chi connectivity index (χ4v) is 2.96. The largest absolute Gasteiger partial charge is 0.393 e. The fraction of sp³-hybridized carbons (Fsp3) is 0.444. The Morgan fingerprint density at radius 3 is 2.35 bits per heavy atom. The van der Waals surface area contributed by atoms with Gasteiger partial charge in [0.1, 0.15) is 12.0 Å². The highest BCUT2D eigenvalue weighted by molar-refractivity contribution is 5.77. The summed E-state index contributed by atoms with van der Waals surface area (Å²) in [7, 11) is 0.